The Labute approximate surface area is 108 Å². The quantitative estimate of drug-likeness (QED) is 0.590. The van der Waals surface area contributed by atoms with Crippen molar-refractivity contribution in [1.82, 2.24) is 5.32 Å². The number of nitrogens with one attached hydrogen (secondary N) is 1. The van der Waals surface area contributed by atoms with Crippen LogP contribution in [0.2, 0.25) is 0 Å². The van der Waals surface area contributed by atoms with Gasteiger partial charge in [0.05, 0.1) is 0 Å². The number of carboxylic acids is 1. The van der Waals surface area contributed by atoms with Crippen LogP contribution in [-0.4, -0.2) is 47.9 Å². The normalized spacial score (nSPS) is 16.5. The van der Waals surface area contributed by atoms with E-state index >= 15 is 0 Å². The molecule has 0 aliphatic carbocycles. The molecule has 2 unspecified atom stereocenters. The molecule has 5 heteroatoms. The highest BCUT2D eigenvalue weighted by molar-refractivity contribution is 7.99. The number of carbonyl (C=O) groups is 1. The summed E-state index contributed by atoms with van der Waals surface area (Å²) in [4.78, 5) is 11.2. The monoisotopic (exact) mass is 263 g/mol. The van der Waals surface area contributed by atoms with Crippen LogP contribution in [-0.2, 0) is 9.53 Å². The summed E-state index contributed by atoms with van der Waals surface area (Å²) < 4.78 is 4.98. The molecular formula is C12H25NO3S. The zero-order chi connectivity index (χ0) is 13.3. The molecule has 0 saturated carbocycles. The maximum atomic E-state index is 11.2. The molecule has 0 rings (SSSR count). The van der Waals surface area contributed by atoms with Crippen LogP contribution in [0.4, 0.5) is 0 Å². The number of carboxylic acid groups (broad SMARTS) is 1. The maximum absolute atomic E-state index is 11.2. The molecule has 0 bridgehead atoms. The van der Waals surface area contributed by atoms with E-state index in [9.17, 15) is 9.90 Å². The molecule has 0 amide bonds. The average molecular weight is 263 g/mol. The lowest BCUT2D eigenvalue weighted by molar-refractivity contribution is -0.144. The SMILES string of the molecule is CCNC(C)(CC(C)SCCCOC)C(=O)O. The standard InChI is InChI=1S/C12H25NO3S/c1-5-13-12(3,11(14)15)9-10(2)17-8-6-7-16-4/h10,13H,5-9H2,1-4H3,(H,14,15). The molecular weight excluding hydrogens is 238 g/mol. The summed E-state index contributed by atoms with van der Waals surface area (Å²) >= 11 is 1.80. The Morgan fingerprint density at radius 1 is 1.59 bits per heavy atom. The number of rotatable bonds is 10. The van der Waals surface area contributed by atoms with Crippen LogP contribution in [0, 0.1) is 0 Å². The zero-order valence-corrected chi connectivity index (χ0v) is 12.1. The van der Waals surface area contributed by atoms with Crippen molar-refractivity contribution in [3.63, 3.8) is 0 Å². The van der Waals surface area contributed by atoms with Crippen LogP contribution in [0.3, 0.4) is 0 Å². The van der Waals surface area contributed by atoms with Gasteiger partial charge in [-0.15, -0.1) is 0 Å². The molecule has 17 heavy (non-hydrogen) atoms. The second-order valence-corrected chi connectivity index (χ2v) is 5.95. The predicted octanol–water partition coefficient (Wildman–Crippen LogP) is 1.99. The smallest absolute Gasteiger partial charge is 0.323 e. The minimum absolute atomic E-state index is 0.326. The van der Waals surface area contributed by atoms with Gasteiger partial charge in [-0.3, -0.25) is 4.79 Å². The van der Waals surface area contributed by atoms with Gasteiger partial charge in [0.15, 0.2) is 0 Å². The molecule has 0 spiro atoms. The lowest BCUT2D eigenvalue weighted by Crippen LogP contribution is -2.50. The van der Waals surface area contributed by atoms with Gasteiger partial charge in [-0.25, -0.2) is 0 Å². The third-order valence-electron chi connectivity index (χ3n) is 2.63. The summed E-state index contributed by atoms with van der Waals surface area (Å²) in [6.45, 7) is 7.20. The fourth-order valence-electron chi connectivity index (χ4n) is 1.75. The van der Waals surface area contributed by atoms with Crippen LogP contribution in [0.25, 0.3) is 0 Å². The van der Waals surface area contributed by atoms with Crippen LogP contribution in [0.15, 0.2) is 0 Å². The number of aliphatic carboxylic acids is 1. The molecule has 0 aromatic carbocycles. The molecule has 102 valence electrons. The summed E-state index contributed by atoms with van der Waals surface area (Å²) in [6.07, 6.45) is 1.64. The highest BCUT2D eigenvalue weighted by Gasteiger charge is 2.33. The number of hydrogen-bond acceptors (Lipinski definition) is 4. The third kappa shape index (κ3) is 6.91. The molecule has 2 atom stereocenters. The summed E-state index contributed by atoms with van der Waals surface area (Å²) in [7, 11) is 1.70. The van der Waals surface area contributed by atoms with E-state index in [0.717, 1.165) is 18.8 Å². The number of likely N-dealkylation sites (N-methyl/N-ethyl adjacent to an activating group) is 1. The van der Waals surface area contributed by atoms with Gasteiger partial charge in [-0.1, -0.05) is 13.8 Å². The van der Waals surface area contributed by atoms with Crippen molar-refractivity contribution in [2.45, 2.75) is 44.4 Å². The first kappa shape index (κ1) is 16.7. The van der Waals surface area contributed by atoms with Crippen LogP contribution < -0.4 is 5.32 Å². The fourth-order valence-corrected chi connectivity index (χ4v) is 2.88. The van der Waals surface area contributed by atoms with E-state index in [1.807, 2.05) is 6.92 Å². The summed E-state index contributed by atoms with van der Waals surface area (Å²) in [5.41, 5.74) is -0.817. The van der Waals surface area contributed by atoms with E-state index in [1.165, 1.54) is 0 Å². The van der Waals surface area contributed by atoms with Gasteiger partial charge in [-0.2, -0.15) is 11.8 Å². The molecule has 4 nitrogen and oxygen atoms in total. The first-order chi connectivity index (χ1) is 7.96. The highest BCUT2D eigenvalue weighted by Crippen LogP contribution is 2.22. The van der Waals surface area contributed by atoms with Gasteiger partial charge >= 0.3 is 5.97 Å². The van der Waals surface area contributed by atoms with Crippen molar-refractivity contribution in [2.75, 3.05) is 26.0 Å². The molecule has 0 heterocycles. The van der Waals surface area contributed by atoms with Crippen molar-refractivity contribution >= 4 is 17.7 Å². The average Bonchev–Trinajstić information content (AvgIpc) is 2.24. The van der Waals surface area contributed by atoms with Crippen molar-refractivity contribution in [3.05, 3.63) is 0 Å². The van der Waals surface area contributed by atoms with Gasteiger partial charge in [0.25, 0.3) is 0 Å². The largest absolute Gasteiger partial charge is 0.480 e. The Bertz CT molecular complexity index is 226. The van der Waals surface area contributed by atoms with Crippen molar-refractivity contribution < 1.29 is 14.6 Å². The third-order valence-corrected chi connectivity index (χ3v) is 3.89. The molecule has 0 radical (unpaired) electrons. The second-order valence-electron chi connectivity index (χ2n) is 4.40. The van der Waals surface area contributed by atoms with Crippen molar-refractivity contribution in [1.29, 1.82) is 0 Å². The van der Waals surface area contributed by atoms with Crippen LogP contribution >= 0.6 is 11.8 Å². The van der Waals surface area contributed by atoms with E-state index in [1.54, 1.807) is 25.8 Å². The number of hydrogen-bond donors (Lipinski definition) is 2. The minimum Gasteiger partial charge on any atom is -0.480 e. The molecule has 0 aromatic rings. The highest BCUT2D eigenvalue weighted by atomic mass is 32.2. The molecule has 0 saturated heterocycles. The molecule has 0 aliphatic rings. The summed E-state index contributed by atoms with van der Waals surface area (Å²) in [5, 5.41) is 12.6. The van der Waals surface area contributed by atoms with Gasteiger partial charge in [-0.05, 0) is 32.1 Å². The van der Waals surface area contributed by atoms with Crippen molar-refractivity contribution in [3.8, 4) is 0 Å². The lowest BCUT2D eigenvalue weighted by atomic mass is 9.96. The van der Waals surface area contributed by atoms with Gasteiger partial charge < -0.3 is 15.2 Å². The molecule has 0 aliphatic heterocycles. The van der Waals surface area contributed by atoms with E-state index in [-0.39, 0.29) is 0 Å². The minimum atomic E-state index is -0.817. The molecule has 2 N–H and O–H groups in total. The van der Waals surface area contributed by atoms with Crippen molar-refractivity contribution in [2.24, 2.45) is 0 Å². The Morgan fingerprint density at radius 3 is 2.71 bits per heavy atom. The van der Waals surface area contributed by atoms with E-state index in [2.05, 4.69) is 12.2 Å². The Balaban J connectivity index is 4.04. The number of thioether (sulfide) groups is 1. The number of methoxy groups -OCH3 is 1. The zero-order valence-electron chi connectivity index (χ0n) is 11.3. The van der Waals surface area contributed by atoms with Crippen LogP contribution in [0.1, 0.15) is 33.6 Å². The second kappa shape index (κ2) is 8.78. The first-order valence-electron chi connectivity index (χ1n) is 6.05. The first-order valence-corrected chi connectivity index (χ1v) is 7.10. The van der Waals surface area contributed by atoms with Gasteiger partial charge in [0.2, 0.25) is 0 Å². The Kier molecular flexibility index (Phi) is 8.64. The van der Waals surface area contributed by atoms with E-state index < -0.39 is 11.5 Å². The maximum Gasteiger partial charge on any atom is 0.323 e. The molecule has 0 aromatic heterocycles. The lowest BCUT2D eigenvalue weighted by Gasteiger charge is -2.28. The summed E-state index contributed by atoms with van der Waals surface area (Å²) in [5.74, 6) is 0.236. The van der Waals surface area contributed by atoms with Gasteiger partial charge in [0, 0.05) is 19.0 Å². The van der Waals surface area contributed by atoms with E-state index in [0.29, 0.717) is 18.2 Å². The Hall–Kier alpha value is -0.260. The van der Waals surface area contributed by atoms with Gasteiger partial charge in [0.1, 0.15) is 5.54 Å². The topological polar surface area (TPSA) is 58.6 Å². The summed E-state index contributed by atoms with van der Waals surface area (Å²) in [6, 6.07) is 0. The predicted molar refractivity (Wildman–Crippen MR) is 72.7 cm³/mol. The van der Waals surface area contributed by atoms with Crippen LogP contribution in [0.5, 0.6) is 0 Å². The Morgan fingerprint density at radius 2 is 2.24 bits per heavy atom. The number of ether oxygens (including phenoxy) is 1. The fraction of sp³-hybridized carbons (Fsp3) is 0.917. The molecule has 0 fully saturated rings. The van der Waals surface area contributed by atoms with E-state index in [4.69, 9.17) is 4.74 Å².